The summed E-state index contributed by atoms with van der Waals surface area (Å²) in [5.41, 5.74) is 0. The second-order valence-corrected chi connectivity index (χ2v) is 5.74. The van der Waals surface area contributed by atoms with Crippen molar-refractivity contribution in [2.45, 2.75) is 0 Å². The zero-order valence-electron chi connectivity index (χ0n) is 2.24. The molecule has 0 spiro atoms. The van der Waals surface area contributed by atoms with Crippen LogP contribution < -0.4 is 0 Å². The van der Waals surface area contributed by atoms with Crippen LogP contribution in [-0.2, 0) is 0 Å². The first-order valence-corrected chi connectivity index (χ1v) is 5.03. The summed E-state index contributed by atoms with van der Waals surface area (Å²) in [5, 5.41) is 0. The fourth-order valence-electron chi connectivity index (χ4n) is 0.0378. The molecule has 24 valence electrons. The molecule has 1 fully saturated rings. The Kier molecular flexibility index (Phi) is 0.738. The molecular weight excluding hydrogens is 135 g/mol. The molecule has 1 aliphatic rings. The predicted molar refractivity (Wildman–Crippen MR) is 25.6 cm³/mol. The molecule has 0 unspecified atom stereocenters. The highest BCUT2D eigenvalue weighted by Crippen LogP contribution is 2.57. The van der Waals surface area contributed by atoms with E-state index in [0.717, 1.165) is 0 Å². The van der Waals surface area contributed by atoms with Crippen LogP contribution in [0.5, 0.6) is 0 Å². The van der Waals surface area contributed by atoms with Crippen LogP contribution in [0.1, 0.15) is 0 Å². The fourth-order valence-corrected chi connectivity index (χ4v) is 1.77. The van der Waals surface area contributed by atoms with E-state index in [4.69, 9.17) is 0 Å². The number of hydrogen-bond donors (Lipinski definition) is 0. The second-order valence-electron chi connectivity index (χ2n) is 0.910. The van der Waals surface area contributed by atoms with Gasteiger partial charge in [-0.25, -0.2) is 0 Å². The van der Waals surface area contributed by atoms with Crippen molar-refractivity contribution in [1.29, 1.82) is 0 Å². The first-order chi connectivity index (χ1) is 1.89. The lowest BCUT2D eigenvalue weighted by Crippen LogP contribution is -1.20. The van der Waals surface area contributed by atoms with Gasteiger partial charge in [-0.3, -0.25) is 0 Å². The van der Waals surface area contributed by atoms with E-state index in [2.05, 4.69) is 15.5 Å². The first kappa shape index (κ1) is 3.11. The van der Waals surface area contributed by atoms with E-state index in [1.807, 2.05) is 0 Å². The Morgan fingerprint density at radius 3 is 1.75 bits per heavy atom. The van der Waals surface area contributed by atoms with Crippen LogP contribution in [-0.4, -0.2) is 12.3 Å². The molecule has 0 radical (unpaired) electrons. The second kappa shape index (κ2) is 0.948. The third-order valence-corrected chi connectivity index (χ3v) is 3.31. The number of hydrogen-bond acceptors (Lipinski definition) is 0. The minimum absolute atomic E-state index is 0.442. The van der Waals surface area contributed by atoms with E-state index in [0.29, 0.717) is 6.62 Å². The fraction of sp³-hybridized carbons (Fsp3) is 1.00. The summed E-state index contributed by atoms with van der Waals surface area (Å²) in [6, 6.07) is 0. The summed E-state index contributed by atoms with van der Waals surface area (Å²) >= 11 is 3.45. The van der Waals surface area contributed by atoms with Gasteiger partial charge in [-0.15, -0.1) is 0 Å². The Balaban J connectivity index is 2.17. The Morgan fingerprint density at radius 1 is 1.50 bits per heavy atom. The molecule has 0 aromatic rings. The Labute approximate surface area is 35.1 Å². The van der Waals surface area contributed by atoms with Crippen LogP contribution >= 0.6 is 22.1 Å². The molecule has 4 heavy (non-hydrogen) atoms. The normalized spacial score (nSPS) is 26.2. The van der Waals surface area contributed by atoms with Gasteiger partial charge in [-0.2, -0.15) is 0 Å². The van der Waals surface area contributed by atoms with Crippen molar-refractivity contribution in [1.82, 2.24) is 0 Å². The number of rotatable bonds is 0. The van der Waals surface area contributed by atoms with Crippen LogP contribution in [0.4, 0.5) is 0 Å². The van der Waals surface area contributed by atoms with Gasteiger partial charge in [0.15, 0.2) is 0 Å². The van der Waals surface area contributed by atoms with Crippen molar-refractivity contribution in [3.63, 3.8) is 0 Å². The molecule has 0 aromatic carbocycles. The molecule has 1 heterocycles. The zero-order valence-corrected chi connectivity index (χ0v) is 4.72. The topological polar surface area (TPSA) is 0 Å². The largest absolute Gasteiger partial charge is 0.0605 e. The Hall–Kier alpha value is 0.910. The maximum absolute atomic E-state index is 3.45. The molecule has 0 bridgehead atoms. The van der Waals surface area contributed by atoms with Gasteiger partial charge in [0.1, 0.15) is 0 Å². The summed E-state index contributed by atoms with van der Waals surface area (Å²) in [4.78, 5) is 0. The van der Waals surface area contributed by atoms with Crippen LogP contribution in [0.25, 0.3) is 0 Å². The van der Waals surface area contributed by atoms with E-state index in [1.54, 1.807) is 0 Å². The van der Waals surface area contributed by atoms with Gasteiger partial charge in [-0.1, -0.05) is 15.5 Å². The lowest BCUT2D eigenvalue weighted by atomic mass is 11.0. The van der Waals surface area contributed by atoms with Crippen LogP contribution in [0.2, 0.25) is 0 Å². The molecule has 0 aliphatic carbocycles. The highest BCUT2D eigenvalue weighted by molar-refractivity contribution is 9.40. The van der Waals surface area contributed by atoms with Gasteiger partial charge in [-0.05, 0) is 18.9 Å². The monoisotopic (exact) mass is 138 g/mol. The molecule has 0 nitrogen and oxygen atoms in total. The van der Waals surface area contributed by atoms with E-state index in [-0.39, 0.29) is 0 Å². The van der Waals surface area contributed by atoms with Crippen molar-refractivity contribution < 1.29 is 0 Å². The van der Waals surface area contributed by atoms with E-state index < -0.39 is 0 Å². The van der Waals surface area contributed by atoms with Gasteiger partial charge in [0.2, 0.25) is 0 Å². The average molecular weight is 139 g/mol. The highest BCUT2D eigenvalue weighted by Gasteiger charge is 2.14. The van der Waals surface area contributed by atoms with Crippen molar-refractivity contribution in [2.75, 3.05) is 12.3 Å². The third kappa shape index (κ3) is 0.694. The van der Waals surface area contributed by atoms with E-state index >= 15 is 0 Å². The van der Waals surface area contributed by atoms with Crippen LogP contribution in [0, 0.1) is 0 Å². The van der Waals surface area contributed by atoms with Crippen molar-refractivity contribution in [3.05, 3.63) is 0 Å². The molecule has 0 amide bonds. The summed E-state index contributed by atoms with van der Waals surface area (Å²) < 4.78 is 0. The van der Waals surface area contributed by atoms with Crippen molar-refractivity contribution >= 4 is 22.1 Å². The molecular formula is C2H4BrP. The lowest BCUT2D eigenvalue weighted by molar-refractivity contribution is 1.75. The summed E-state index contributed by atoms with van der Waals surface area (Å²) in [6.45, 7) is 0.442. The summed E-state index contributed by atoms with van der Waals surface area (Å²) in [7, 11) is 0. The Bertz CT molecular complexity index is 25.2. The van der Waals surface area contributed by atoms with Crippen LogP contribution in [0.3, 0.4) is 0 Å². The quantitative estimate of drug-likeness (QED) is 0.448. The van der Waals surface area contributed by atoms with Crippen LogP contribution in [0.15, 0.2) is 0 Å². The highest BCUT2D eigenvalue weighted by atomic mass is 79.9. The summed E-state index contributed by atoms with van der Waals surface area (Å²) in [5.74, 6) is 0. The molecule has 1 aliphatic heterocycles. The minimum atomic E-state index is 0.442. The van der Waals surface area contributed by atoms with Gasteiger partial charge in [0.25, 0.3) is 0 Å². The smallest absolute Gasteiger partial charge is 0.0180 e. The third-order valence-electron chi connectivity index (χ3n) is 0.393. The molecule has 2 heteroatoms. The molecule has 0 atom stereocenters. The molecule has 1 saturated heterocycles. The molecule has 0 saturated carbocycles. The van der Waals surface area contributed by atoms with Gasteiger partial charge < -0.3 is 0 Å². The zero-order chi connectivity index (χ0) is 2.99. The van der Waals surface area contributed by atoms with Crippen molar-refractivity contribution in [3.8, 4) is 0 Å². The van der Waals surface area contributed by atoms with Crippen molar-refractivity contribution in [2.24, 2.45) is 0 Å². The maximum atomic E-state index is 3.45. The molecule has 0 aromatic heterocycles. The van der Waals surface area contributed by atoms with Gasteiger partial charge in [0.05, 0.1) is 0 Å². The summed E-state index contributed by atoms with van der Waals surface area (Å²) in [6.07, 6.45) is 2.94. The van der Waals surface area contributed by atoms with Gasteiger partial charge >= 0.3 is 0 Å². The van der Waals surface area contributed by atoms with E-state index in [1.165, 1.54) is 12.3 Å². The Morgan fingerprint density at radius 2 is 1.75 bits per heavy atom. The van der Waals surface area contributed by atoms with Gasteiger partial charge in [0, 0.05) is 0 Å². The molecule has 1 rings (SSSR count). The maximum Gasteiger partial charge on any atom is -0.0180 e. The molecule has 0 N–H and O–H groups in total. The average Bonchev–Trinajstić information content (AvgIpc) is 1.75. The SMILES string of the molecule is BrP1CC1. The first-order valence-electron chi connectivity index (χ1n) is 1.30. The predicted octanol–water partition coefficient (Wildman–Crippen LogP) is 1.79. The van der Waals surface area contributed by atoms with E-state index in [9.17, 15) is 0 Å². The minimum Gasteiger partial charge on any atom is -0.0605 e. The lowest BCUT2D eigenvalue weighted by Gasteiger charge is -1.52. The standard InChI is InChI=1S/C2H4BrP/c3-4-1-2-4/h1-2H2. The number of halogens is 1.